The van der Waals surface area contributed by atoms with Gasteiger partial charge in [-0.2, -0.15) is 0 Å². The topological polar surface area (TPSA) is 84.1 Å². The van der Waals surface area contributed by atoms with Gasteiger partial charge in [0.15, 0.2) is 4.34 Å². The van der Waals surface area contributed by atoms with Crippen molar-refractivity contribution in [1.29, 1.82) is 0 Å². The molecule has 0 aliphatic carbocycles. The van der Waals surface area contributed by atoms with Crippen LogP contribution in [0.2, 0.25) is 0 Å². The third kappa shape index (κ3) is 5.21. The zero-order valence-electron chi connectivity index (χ0n) is 15.1. The molecule has 0 unspecified atom stereocenters. The molecule has 3 rings (SSSR count). The predicted molar refractivity (Wildman–Crippen MR) is 114 cm³/mol. The third-order valence-corrected chi connectivity index (χ3v) is 5.60. The summed E-state index contributed by atoms with van der Waals surface area (Å²) in [5.74, 6) is 0.309. The molecule has 0 saturated carbocycles. The Balaban J connectivity index is 1.67. The molecule has 2 aromatic carbocycles. The van der Waals surface area contributed by atoms with Crippen molar-refractivity contribution in [2.45, 2.75) is 24.2 Å². The fourth-order valence-corrected chi connectivity index (χ4v) is 4.09. The first-order chi connectivity index (χ1) is 13.0. The maximum absolute atomic E-state index is 12.8. The quantitative estimate of drug-likeness (QED) is 0.573. The van der Waals surface area contributed by atoms with Gasteiger partial charge in [0.25, 0.3) is 0 Å². The summed E-state index contributed by atoms with van der Waals surface area (Å²) in [5.41, 5.74) is 8.45. The number of carbonyl (C=O) groups is 1. The molecule has 1 aromatic heterocycles. The number of thioether (sulfide) groups is 1. The number of amides is 1. The Kier molecular flexibility index (Phi) is 6.31. The van der Waals surface area contributed by atoms with Crippen molar-refractivity contribution < 1.29 is 4.79 Å². The summed E-state index contributed by atoms with van der Waals surface area (Å²) in [4.78, 5) is 14.6. The van der Waals surface area contributed by atoms with Crippen molar-refractivity contribution in [1.82, 2.24) is 10.2 Å². The van der Waals surface area contributed by atoms with Gasteiger partial charge in [-0.05, 0) is 50.2 Å². The Hall–Kier alpha value is -2.58. The number of nitrogens with zero attached hydrogens (tertiary/aromatic N) is 3. The number of benzene rings is 2. The molecule has 0 saturated heterocycles. The van der Waals surface area contributed by atoms with E-state index in [4.69, 9.17) is 5.73 Å². The van der Waals surface area contributed by atoms with Crippen molar-refractivity contribution in [3.8, 4) is 0 Å². The molecule has 0 aliphatic rings. The van der Waals surface area contributed by atoms with Gasteiger partial charge in [0.1, 0.15) is 0 Å². The van der Waals surface area contributed by atoms with E-state index >= 15 is 0 Å². The fraction of sp³-hybridized carbons (Fsp3) is 0.211. The standard InChI is InChI=1S/C19H21N5OS2/c1-13(2)24(17(25)12-26-19-23-22-18(20)27-19)16-10-8-15(9-11-16)21-14-6-4-3-5-7-14/h3-11,13,21H,12H2,1-2H3,(H2,20,22). The highest BCUT2D eigenvalue weighted by molar-refractivity contribution is 8.01. The van der Waals surface area contributed by atoms with E-state index in [-0.39, 0.29) is 17.7 Å². The Bertz CT molecular complexity index is 881. The van der Waals surface area contributed by atoms with Crippen LogP contribution in [-0.4, -0.2) is 27.9 Å². The molecule has 0 fully saturated rings. The van der Waals surface area contributed by atoms with Crippen LogP contribution in [0.4, 0.5) is 22.2 Å². The van der Waals surface area contributed by atoms with Crippen molar-refractivity contribution in [2.75, 3.05) is 21.7 Å². The Morgan fingerprint density at radius 3 is 2.37 bits per heavy atom. The second kappa shape index (κ2) is 8.88. The summed E-state index contributed by atoms with van der Waals surface area (Å²) in [6.07, 6.45) is 0. The molecule has 27 heavy (non-hydrogen) atoms. The highest BCUT2D eigenvalue weighted by Crippen LogP contribution is 2.27. The summed E-state index contributed by atoms with van der Waals surface area (Å²) in [6.45, 7) is 4.00. The number of nitrogens with one attached hydrogen (secondary N) is 1. The van der Waals surface area contributed by atoms with Gasteiger partial charge in [0, 0.05) is 23.1 Å². The first-order valence-corrected chi connectivity index (χ1v) is 10.3. The fourth-order valence-electron chi connectivity index (χ4n) is 2.60. The molecular weight excluding hydrogens is 378 g/mol. The second-order valence-electron chi connectivity index (χ2n) is 6.09. The minimum atomic E-state index is 0.0209. The van der Waals surface area contributed by atoms with Crippen molar-refractivity contribution in [2.24, 2.45) is 0 Å². The number of aromatic nitrogens is 2. The molecule has 3 N–H and O–H groups in total. The van der Waals surface area contributed by atoms with Crippen molar-refractivity contribution >= 4 is 51.2 Å². The van der Waals surface area contributed by atoms with Crippen LogP contribution < -0.4 is 16.0 Å². The number of hydrogen-bond donors (Lipinski definition) is 2. The minimum Gasteiger partial charge on any atom is -0.374 e. The van der Waals surface area contributed by atoms with Crippen LogP contribution in [-0.2, 0) is 4.79 Å². The molecule has 1 heterocycles. The Morgan fingerprint density at radius 2 is 1.78 bits per heavy atom. The van der Waals surface area contributed by atoms with Crippen LogP contribution >= 0.6 is 23.1 Å². The molecular formula is C19H21N5OS2. The van der Waals surface area contributed by atoms with E-state index in [0.717, 1.165) is 17.1 Å². The van der Waals surface area contributed by atoms with E-state index < -0.39 is 0 Å². The van der Waals surface area contributed by atoms with E-state index in [2.05, 4.69) is 15.5 Å². The second-order valence-corrected chi connectivity index (χ2v) is 8.32. The van der Waals surface area contributed by atoms with Gasteiger partial charge < -0.3 is 16.0 Å². The van der Waals surface area contributed by atoms with Crippen LogP contribution in [0.5, 0.6) is 0 Å². The third-order valence-electron chi connectivity index (χ3n) is 3.73. The number of nitrogen functional groups attached to an aromatic ring is 1. The number of rotatable bonds is 7. The predicted octanol–water partition coefficient (Wildman–Crippen LogP) is 4.40. The number of hydrogen-bond acceptors (Lipinski definition) is 7. The van der Waals surface area contributed by atoms with Gasteiger partial charge >= 0.3 is 0 Å². The van der Waals surface area contributed by atoms with E-state index in [1.807, 2.05) is 68.4 Å². The van der Waals surface area contributed by atoms with Gasteiger partial charge in [-0.1, -0.05) is 41.3 Å². The first-order valence-electron chi connectivity index (χ1n) is 8.49. The summed E-state index contributed by atoms with van der Waals surface area (Å²) in [5, 5.41) is 11.5. The number of carbonyl (C=O) groups excluding carboxylic acids is 1. The summed E-state index contributed by atoms with van der Waals surface area (Å²) >= 11 is 2.64. The lowest BCUT2D eigenvalue weighted by molar-refractivity contribution is -0.116. The first kappa shape index (κ1) is 19.2. The largest absolute Gasteiger partial charge is 0.374 e. The highest BCUT2D eigenvalue weighted by Gasteiger charge is 2.20. The zero-order valence-corrected chi connectivity index (χ0v) is 16.8. The Labute approximate surface area is 166 Å². The number of para-hydroxylation sites is 1. The maximum atomic E-state index is 12.8. The molecule has 0 bridgehead atoms. The summed E-state index contributed by atoms with van der Waals surface area (Å²) in [7, 11) is 0. The average Bonchev–Trinajstić information content (AvgIpc) is 3.07. The lowest BCUT2D eigenvalue weighted by Crippen LogP contribution is -2.38. The Morgan fingerprint density at radius 1 is 1.11 bits per heavy atom. The number of anilines is 4. The maximum Gasteiger partial charge on any atom is 0.237 e. The molecule has 140 valence electrons. The van der Waals surface area contributed by atoms with Gasteiger partial charge in [-0.3, -0.25) is 4.79 Å². The van der Waals surface area contributed by atoms with E-state index in [0.29, 0.717) is 9.47 Å². The van der Waals surface area contributed by atoms with Gasteiger partial charge in [0.2, 0.25) is 11.0 Å². The van der Waals surface area contributed by atoms with E-state index in [1.165, 1.54) is 23.1 Å². The molecule has 1 amide bonds. The lowest BCUT2D eigenvalue weighted by atomic mass is 10.2. The normalized spacial score (nSPS) is 10.8. The summed E-state index contributed by atoms with van der Waals surface area (Å²) in [6, 6.07) is 17.9. The van der Waals surface area contributed by atoms with Crippen LogP contribution in [0.3, 0.4) is 0 Å². The van der Waals surface area contributed by atoms with Gasteiger partial charge in [-0.25, -0.2) is 0 Å². The lowest BCUT2D eigenvalue weighted by Gasteiger charge is -2.27. The zero-order chi connectivity index (χ0) is 19.2. The van der Waals surface area contributed by atoms with Crippen LogP contribution in [0.25, 0.3) is 0 Å². The monoisotopic (exact) mass is 399 g/mol. The van der Waals surface area contributed by atoms with E-state index in [9.17, 15) is 4.79 Å². The molecule has 0 atom stereocenters. The highest BCUT2D eigenvalue weighted by atomic mass is 32.2. The van der Waals surface area contributed by atoms with Crippen LogP contribution in [0, 0.1) is 0 Å². The van der Waals surface area contributed by atoms with Gasteiger partial charge in [0.05, 0.1) is 5.75 Å². The average molecular weight is 400 g/mol. The molecule has 8 heteroatoms. The van der Waals surface area contributed by atoms with Crippen LogP contribution in [0.15, 0.2) is 58.9 Å². The minimum absolute atomic E-state index is 0.0209. The molecule has 0 radical (unpaired) electrons. The molecule has 0 spiro atoms. The van der Waals surface area contributed by atoms with Crippen LogP contribution in [0.1, 0.15) is 13.8 Å². The number of nitrogens with two attached hydrogens (primary N) is 1. The molecule has 0 aliphatic heterocycles. The van der Waals surface area contributed by atoms with E-state index in [1.54, 1.807) is 4.90 Å². The summed E-state index contributed by atoms with van der Waals surface area (Å²) < 4.78 is 0.701. The van der Waals surface area contributed by atoms with Crippen molar-refractivity contribution in [3.05, 3.63) is 54.6 Å². The van der Waals surface area contributed by atoms with Gasteiger partial charge in [-0.15, -0.1) is 10.2 Å². The smallest absolute Gasteiger partial charge is 0.237 e. The van der Waals surface area contributed by atoms with Crippen molar-refractivity contribution in [3.63, 3.8) is 0 Å². The molecule has 6 nitrogen and oxygen atoms in total. The molecule has 3 aromatic rings. The SMILES string of the molecule is CC(C)N(C(=O)CSc1nnc(N)s1)c1ccc(Nc2ccccc2)cc1.